The molecule has 2 heterocycles. The van der Waals surface area contributed by atoms with Crippen molar-refractivity contribution in [2.24, 2.45) is 10.7 Å². The van der Waals surface area contributed by atoms with Crippen LogP contribution in [0.2, 0.25) is 5.02 Å². The Kier molecular flexibility index (Phi) is 7.41. The quantitative estimate of drug-likeness (QED) is 0.194. The summed E-state index contributed by atoms with van der Waals surface area (Å²) in [6.07, 6.45) is 8.86. The number of hydrogen-bond donors (Lipinski definition) is 1. The highest BCUT2D eigenvalue weighted by molar-refractivity contribution is 6.31. The molecule has 0 fully saturated rings. The van der Waals surface area contributed by atoms with Gasteiger partial charge in [-0.05, 0) is 54.6 Å². The lowest BCUT2D eigenvalue weighted by molar-refractivity contribution is 0.501. The molecule has 0 atom stereocenters. The van der Waals surface area contributed by atoms with Crippen molar-refractivity contribution in [1.82, 2.24) is 14.5 Å². The Morgan fingerprint density at radius 2 is 1.90 bits per heavy atom. The number of halogens is 1. The summed E-state index contributed by atoms with van der Waals surface area (Å²) < 4.78 is 1.78. The summed E-state index contributed by atoms with van der Waals surface area (Å²) in [5.74, 6) is 0.171. The van der Waals surface area contributed by atoms with Gasteiger partial charge in [0.25, 0.3) is 5.56 Å². The largest absolute Gasteiger partial charge is 0.369 e. The van der Waals surface area contributed by atoms with E-state index in [1.54, 1.807) is 47.3 Å². The molecule has 7 nitrogen and oxygen atoms in total. The van der Waals surface area contributed by atoms with Gasteiger partial charge < -0.3 is 10.3 Å². The highest BCUT2D eigenvalue weighted by Crippen LogP contribution is 2.18. The van der Waals surface area contributed by atoms with Crippen LogP contribution in [-0.4, -0.2) is 27.0 Å². The molecule has 0 bridgehead atoms. The number of hydrogen-bond acceptors (Lipinski definition) is 4. The van der Waals surface area contributed by atoms with Crippen molar-refractivity contribution in [3.05, 3.63) is 70.2 Å². The zero-order valence-corrected chi connectivity index (χ0v) is 17.3. The van der Waals surface area contributed by atoms with E-state index >= 15 is 0 Å². The van der Waals surface area contributed by atoms with Crippen LogP contribution in [0.15, 0.2) is 64.6 Å². The van der Waals surface area contributed by atoms with Crippen LogP contribution in [0.5, 0.6) is 0 Å². The fourth-order valence-corrected chi connectivity index (χ4v) is 3.41. The minimum Gasteiger partial charge on any atom is -0.369 e. The van der Waals surface area contributed by atoms with E-state index in [1.165, 1.54) is 4.90 Å². The van der Waals surface area contributed by atoms with Crippen LogP contribution in [0, 0.1) is 11.5 Å². The van der Waals surface area contributed by atoms with E-state index in [4.69, 9.17) is 17.3 Å². The summed E-state index contributed by atoms with van der Waals surface area (Å²) in [6.45, 7) is 1.15. The molecule has 2 aromatic heterocycles. The molecule has 154 valence electrons. The van der Waals surface area contributed by atoms with Crippen molar-refractivity contribution in [1.29, 1.82) is 5.26 Å². The summed E-state index contributed by atoms with van der Waals surface area (Å²) in [5, 5.41) is 10.9. The van der Waals surface area contributed by atoms with Crippen LogP contribution in [-0.2, 0) is 6.54 Å². The molecule has 0 unspecified atom stereocenters. The van der Waals surface area contributed by atoms with Gasteiger partial charge in [0.15, 0.2) is 6.19 Å². The minimum atomic E-state index is -0.0134. The SMILES string of the molecule is N#CN(CCCCCCn1c(=O)ccc2cc(Cl)ccc21)C(N)=Nc1ccncc1. The average Bonchev–Trinajstić information content (AvgIpc) is 2.75. The van der Waals surface area contributed by atoms with E-state index in [2.05, 4.69) is 16.2 Å². The van der Waals surface area contributed by atoms with Gasteiger partial charge in [-0.3, -0.25) is 9.78 Å². The summed E-state index contributed by atoms with van der Waals surface area (Å²) in [5.41, 5.74) is 7.48. The van der Waals surface area contributed by atoms with E-state index in [-0.39, 0.29) is 11.5 Å². The number of pyridine rings is 2. The molecule has 0 aliphatic heterocycles. The molecule has 3 rings (SSSR count). The van der Waals surface area contributed by atoms with Gasteiger partial charge >= 0.3 is 0 Å². The van der Waals surface area contributed by atoms with Crippen molar-refractivity contribution in [2.45, 2.75) is 32.2 Å². The number of aromatic nitrogens is 2. The fraction of sp³-hybridized carbons (Fsp3) is 0.273. The first kappa shape index (κ1) is 21.3. The standard InChI is InChI=1S/C22H23ClN6O/c23-18-6-7-20-17(15-18)5-8-21(30)29(20)14-4-2-1-3-13-28(16-24)22(25)27-19-9-11-26-12-10-19/h5-12,15H,1-4,13-14H2,(H2,25,26,27). The summed E-state index contributed by atoms with van der Waals surface area (Å²) in [6, 6.07) is 12.4. The average molecular weight is 423 g/mol. The normalized spacial score (nSPS) is 11.4. The second kappa shape index (κ2) is 10.4. The molecule has 0 aliphatic rings. The first-order chi connectivity index (χ1) is 14.6. The van der Waals surface area contributed by atoms with Crippen LogP contribution in [0.3, 0.4) is 0 Å². The topological polar surface area (TPSA) is 100 Å². The smallest absolute Gasteiger partial charge is 0.251 e. The van der Waals surface area contributed by atoms with E-state index in [0.717, 1.165) is 36.6 Å². The van der Waals surface area contributed by atoms with Crippen molar-refractivity contribution in [2.75, 3.05) is 6.54 Å². The lowest BCUT2D eigenvalue weighted by Crippen LogP contribution is -2.34. The van der Waals surface area contributed by atoms with Gasteiger partial charge in [0.05, 0.1) is 11.2 Å². The molecule has 1 aromatic carbocycles. The molecule has 2 N–H and O–H groups in total. The molecule has 3 aromatic rings. The Labute approximate surface area is 180 Å². The maximum Gasteiger partial charge on any atom is 0.251 e. The van der Waals surface area contributed by atoms with Crippen molar-refractivity contribution in [3.63, 3.8) is 0 Å². The first-order valence-electron chi connectivity index (χ1n) is 9.79. The van der Waals surface area contributed by atoms with Gasteiger partial charge in [-0.25, -0.2) is 9.89 Å². The van der Waals surface area contributed by atoms with E-state index < -0.39 is 0 Å². The summed E-state index contributed by atoms with van der Waals surface area (Å²) in [7, 11) is 0. The van der Waals surface area contributed by atoms with Gasteiger partial charge in [-0.2, -0.15) is 5.26 Å². The third-order valence-corrected chi connectivity index (χ3v) is 5.00. The Balaban J connectivity index is 1.48. The highest BCUT2D eigenvalue weighted by Gasteiger charge is 2.07. The number of aliphatic imine (C=N–C) groups is 1. The monoisotopic (exact) mass is 422 g/mol. The number of benzene rings is 1. The van der Waals surface area contributed by atoms with Crippen LogP contribution in [0.1, 0.15) is 25.7 Å². The second-order valence-electron chi connectivity index (χ2n) is 6.87. The lowest BCUT2D eigenvalue weighted by Gasteiger charge is -2.14. The first-order valence-corrected chi connectivity index (χ1v) is 10.2. The third kappa shape index (κ3) is 5.58. The second-order valence-corrected chi connectivity index (χ2v) is 7.30. The molecular weight excluding hydrogens is 400 g/mol. The molecule has 30 heavy (non-hydrogen) atoms. The summed E-state index contributed by atoms with van der Waals surface area (Å²) in [4.78, 5) is 21.8. The maximum atomic E-state index is 12.2. The molecule has 0 saturated carbocycles. The zero-order valence-electron chi connectivity index (χ0n) is 16.5. The highest BCUT2D eigenvalue weighted by atomic mass is 35.5. The van der Waals surface area contributed by atoms with Crippen LogP contribution < -0.4 is 11.3 Å². The van der Waals surface area contributed by atoms with Crippen molar-refractivity contribution < 1.29 is 0 Å². The van der Waals surface area contributed by atoms with Gasteiger partial charge in [0, 0.05) is 36.6 Å². The molecule has 0 spiro atoms. The van der Waals surface area contributed by atoms with E-state index in [1.807, 2.05) is 12.1 Å². The molecular formula is C22H23ClN6O. The van der Waals surface area contributed by atoms with Gasteiger partial charge in [-0.15, -0.1) is 0 Å². The zero-order chi connectivity index (χ0) is 21.3. The Bertz CT molecular complexity index is 1120. The lowest BCUT2D eigenvalue weighted by atomic mass is 10.1. The van der Waals surface area contributed by atoms with Gasteiger partial charge in [0.2, 0.25) is 5.96 Å². The number of rotatable bonds is 8. The number of aryl methyl sites for hydroxylation is 1. The molecule has 8 heteroatoms. The molecule has 0 radical (unpaired) electrons. The fourth-order valence-electron chi connectivity index (χ4n) is 3.23. The number of nitrogens with two attached hydrogens (primary N) is 1. The number of fused-ring (bicyclic) bond motifs is 1. The van der Waals surface area contributed by atoms with Gasteiger partial charge in [0.1, 0.15) is 0 Å². The van der Waals surface area contributed by atoms with Crippen molar-refractivity contribution >= 4 is 34.2 Å². The third-order valence-electron chi connectivity index (χ3n) is 4.77. The van der Waals surface area contributed by atoms with E-state index in [0.29, 0.717) is 23.8 Å². The predicted octanol–water partition coefficient (Wildman–Crippen LogP) is 4.04. The van der Waals surface area contributed by atoms with Crippen LogP contribution in [0.25, 0.3) is 10.9 Å². The van der Waals surface area contributed by atoms with Crippen LogP contribution >= 0.6 is 11.6 Å². The summed E-state index contributed by atoms with van der Waals surface area (Å²) >= 11 is 6.04. The molecule has 0 saturated heterocycles. The number of nitriles is 1. The van der Waals surface area contributed by atoms with Crippen molar-refractivity contribution in [3.8, 4) is 6.19 Å². The Hall–Kier alpha value is -3.37. The van der Waals surface area contributed by atoms with Gasteiger partial charge in [-0.1, -0.05) is 24.4 Å². The molecule has 0 amide bonds. The number of unbranched alkanes of at least 4 members (excludes halogenated alkanes) is 3. The Morgan fingerprint density at radius 1 is 1.13 bits per heavy atom. The maximum absolute atomic E-state index is 12.2. The molecule has 0 aliphatic carbocycles. The predicted molar refractivity (Wildman–Crippen MR) is 120 cm³/mol. The van der Waals surface area contributed by atoms with Crippen LogP contribution in [0.4, 0.5) is 5.69 Å². The number of guanidine groups is 1. The Morgan fingerprint density at radius 3 is 2.67 bits per heavy atom. The minimum absolute atomic E-state index is 0.0134. The van der Waals surface area contributed by atoms with E-state index in [9.17, 15) is 10.1 Å². The number of nitrogens with zero attached hydrogens (tertiary/aromatic N) is 5.